The molecule has 0 aliphatic carbocycles. The molecule has 4 heteroatoms. The highest BCUT2D eigenvalue weighted by Crippen LogP contribution is 2.30. The number of carbonyl (C=O) groups is 1. The molecular formula is C14H19BrO3. The summed E-state index contributed by atoms with van der Waals surface area (Å²) in [6, 6.07) is 5.67. The number of hydrogen-bond donors (Lipinski definition) is 0. The van der Waals surface area contributed by atoms with E-state index < -0.39 is 0 Å². The van der Waals surface area contributed by atoms with Crippen LogP contribution in [0.15, 0.2) is 22.7 Å². The summed E-state index contributed by atoms with van der Waals surface area (Å²) >= 11 is 3.45. The minimum atomic E-state index is -0.269. The van der Waals surface area contributed by atoms with Gasteiger partial charge in [-0.25, -0.2) is 0 Å². The predicted octanol–water partition coefficient (Wildman–Crippen LogP) is 3.90. The molecule has 100 valence electrons. The monoisotopic (exact) mass is 314 g/mol. The van der Waals surface area contributed by atoms with Crippen molar-refractivity contribution in [2.45, 2.75) is 39.7 Å². The molecule has 0 spiro atoms. The third-order valence-electron chi connectivity index (χ3n) is 2.46. The Hall–Kier alpha value is -1.03. The summed E-state index contributed by atoms with van der Waals surface area (Å²) in [5, 5.41) is 0. The average molecular weight is 315 g/mol. The van der Waals surface area contributed by atoms with E-state index in [-0.39, 0.29) is 18.0 Å². The minimum absolute atomic E-state index is 0.120. The van der Waals surface area contributed by atoms with Crippen molar-refractivity contribution in [1.29, 1.82) is 0 Å². The van der Waals surface area contributed by atoms with Crippen LogP contribution in [-0.4, -0.2) is 18.7 Å². The van der Waals surface area contributed by atoms with Gasteiger partial charge in [0, 0.05) is 0 Å². The Balaban J connectivity index is 2.86. The number of halogens is 1. The maximum absolute atomic E-state index is 11.6. The van der Waals surface area contributed by atoms with E-state index >= 15 is 0 Å². The van der Waals surface area contributed by atoms with Crippen molar-refractivity contribution in [3.05, 3.63) is 28.2 Å². The SMILES string of the molecule is CCOC(=O)C(C)c1ccc(OC(C)C)c(Br)c1. The topological polar surface area (TPSA) is 35.5 Å². The van der Waals surface area contributed by atoms with Gasteiger partial charge >= 0.3 is 5.97 Å². The molecule has 0 aliphatic rings. The molecule has 1 atom stereocenters. The second-order valence-electron chi connectivity index (χ2n) is 4.33. The van der Waals surface area contributed by atoms with Gasteiger partial charge in [0.15, 0.2) is 0 Å². The van der Waals surface area contributed by atoms with Crippen molar-refractivity contribution in [3.8, 4) is 5.75 Å². The van der Waals surface area contributed by atoms with E-state index in [2.05, 4.69) is 15.9 Å². The van der Waals surface area contributed by atoms with E-state index in [4.69, 9.17) is 9.47 Å². The van der Waals surface area contributed by atoms with Crippen molar-refractivity contribution in [2.24, 2.45) is 0 Å². The number of rotatable bonds is 5. The van der Waals surface area contributed by atoms with Gasteiger partial charge in [0.2, 0.25) is 0 Å². The van der Waals surface area contributed by atoms with Gasteiger partial charge in [-0.05, 0) is 61.3 Å². The third kappa shape index (κ3) is 4.02. The van der Waals surface area contributed by atoms with Gasteiger partial charge in [-0.2, -0.15) is 0 Å². The van der Waals surface area contributed by atoms with Crippen LogP contribution in [0.25, 0.3) is 0 Å². The zero-order valence-electron chi connectivity index (χ0n) is 11.2. The fraction of sp³-hybridized carbons (Fsp3) is 0.500. The lowest BCUT2D eigenvalue weighted by molar-refractivity contribution is -0.144. The number of esters is 1. The molecule has 18 heavy (non-hydrogen) atoms. The van der Waals surface area contributed by atoms with E-state index in [1.54, 1.807) is 6.92 Å². The standard InChI is InChI=1S/C14H19BrO3/c1-5-17-14(16)10(4)11-6-7-13(12(15)8-11)18-9(2)3/h6-10H,5H2,1-4H3. The lowest BCUT2D eigenvalue weighted by Crippen LogP contribution is -2.13. The molecule has 1 unspecified atom stereocenters. The molecule has 0 amide bonds. The van der Waals surface area contributed by atoms with Crippen molar-refractivity contribution in [3.63, 3.8) is 0 Å². The Morgan fingerprint density at radius 3 is 2.50 bits per heavy atom. The second-order valence-corrected chi connectivity index (χ2v) is 5.18. The van der Waals surface area contributed by atoms with Crippen molar-refractivity contribution >= 4 is 21.9 Å². The first-order chi connectivity index (χ1) is 8.45. The van der Waals surface area contributed by atoms with Crippen LogP contribution in [0.2, 0.25) is 0 Å². The minimum Gasteiger partial charge on any atom is -0.490 e. The van der Waals surface area contributed by atoms with E-state index in [0.29, 0.717) is 6.61 Å². The van der Waals surface area contributed by atoms with Crippen molar-refractivity contribution < 1.29 is 14.3 Å². The normalized spacial score (nSPS) is 12.3. The zero-order valence-corrected chi connectivity index (χ0v) is 12.8. The molecular weight excluding hydrogens is 296 g/mol. The van der Waals surface area contributed by atoms with Crippen LogP contribution in [-0.2, 0) is 9.53 Å². The lowest BCUT2D eigenvalue weighted by Gasteiger charge is -2.15. The van der Waals surface area contributed by atoms with Crippen LogP contribution in [0.3, 0.4) is 0 Å². The summed E-state index contributed by atoms with van der Waals surface area (Å²) in [5.74, 6) is 0.307. The Morgan fingerprint density at radius 2 is 2.00 bits per heavy atom. The summed E-state index contributed by atoms with van der Waals surface area (Å²) in [6.45, 7) is 7.99. The highest BCUT2D eigenvalue weighted by molar-refractivity contribution is 9.10. The first-order valence-corrected chi connectivity index (χ1v) is 6.87. The number of hydrogen-bond acceptors (Lipinski definition) is 3. The fourth-order valence-corrected chi connectivity index (χ4v) is 2.03. The maximum Gasteiger partial charge on any atom is 0.313 e. The van der Waals surface area contributed by atoms with Crippen LogP contribution in [0.4, 0.5) is 0 Å². The van der Waals surface area contributed by atoms with E-state index in [9.17, 15) is 4.79 Å². The van der Waals surface area contributed by atoms with Gasteiger partial charge in [-0.3, -0.25) is 4.79 Å². The Labute approximate surface area is 117 Å². The van der Waals surface area contributed by atoms with Gasteiger partial charge in [0.1, 0.15) is 5.75 Å². The molecule has 0 aromatic heterocycles. The highest BCUT2D eigenvalue weighted by atomic mass is 79.9. The molecule has 0 N–H and O–H groups in total. The van der Waals surface area contributed by atoms with Gasteiger partial charge < -0.3 is 9.47 Å². The molecule has 3 nitrogen and oxygen atoms in total. The van der Waals surface area contributed by atoms with Crippen molar-refractivity contribution in [2.75, 3.05) is 6.61 Å². The summed E-state index contributed by atoms with van der Waals surface area (Å²) in [5.41, 5.74) is 0.913. The highest BCUT2D eigenvalue weighted by Gasteiger charge is 2.17. The smallest absolute Gasteiger partial charge is 0.313 e. The molecule has 1 rings (SSSR count). The summed E-state index contributed by atoms with van der Waals surface area (Å²) < 4.78 is 11.5. The zero-order chi connectivity index (χ0) is 13.7. The lowest BCUT2D eigenvalue weighted by atomic mass is 10.0. The molecule has 0 fully saturated rings. The van der Waals surface area contributed by atoms with Crippen LogP contribution in [0, 0.1) is 0 Å². The van der Waals surface area contributed by atoms with Crippen LogP contribution < -0.4 is 4.74 Å². The van der Waals surface area contributed by atoms with Crippen LogP contribution >= 0.6 is 15.9 Å². The molecule has 0 aliphatic heterocycles. The Kier molecular flexibility index (Phi) is 5.66. The third-order valence-corrected chi connectivity index (χ3v) is 3.08. The van der Waals surface area contributed by atoms with Gasteiger partial charge in [0.05, 0.1) is 23.1 Å². The van der Waals surface area contributed by atoms with E-state index in [0.717, 1.165) is 15.8 Å². The molecule has 0 saturated carbocycles. The van der Waals surface area contributed by atoms with Gasteiger partial charge in [-0.1, -0.05) is 6.07 Å². The van der Waals surface area contributed by atoms with E-state index in [1.165, 1.54) is 0 Å². The number of benzene rings is 1. The van der Waals surface area contributed by atoms with Crippen LogP contribution in [0.5, 0.6) is 5.75 Å². The summed E-state index contributed by atoms with van der Waals surface area (Å²) in [6.07, 6.45) is 0.120. The van der Waals surface area contributed by atoms with E-state index in [1.807, 2.05) is 39.0 Å². The fourth-order valence-electron chi connectivity index (χ4n) is 1.54. The van der Waals surface area contributed by atoms with Gasteiger partial charge in [0.25, 0.3) is 0 Å². The average Bonchev–Trinajstić information content (AvgIpc) is 2.30. The largest absolute Gasteiger partial charge is 0.490 e. The molecule has 0 heterocycles. The quantitative estimate of drug-likeness (QED) is 0.773. The molecule has 1 aromatic rings. The number of carbonyl (C=O) groups excluding carboxylic acids is 1. The Morgan fingerprint density at radius 1 is 1.33 bits per heavy atom. The summed E-state index contributed by atoms with van der Waals surface area (Å²) in [4.78, 5) is 11.6. The van der Waals surface area contributed by atoms with Crippen LogP contribution in [0.1, 0.15) is 39.2 Å². The molecule has 0 bridgehead atoms. The molecule has 0 saturated heterocycles. The predicted molar refractivity (Wildman–Crippen MR) is 75.0 cm³/mol. The Bertz CT molecular complexity index is 416. The van der Waals surface area contributed by atoms with Gasteiger partial charge in [-0.15, -0.1) is 0 Å². The second kappa shape index (κ2) is 6.78. The van der Waals surface area contributed by atoms with Crippen molar-refractivity contribution in [1.82, 2.24) is 0 Å². The number of ether oxygens (including phenoxy) is 2. The first kappa shape index (κ1) is 15.0. The molecule has 1 aromatic carbocycles. The molecule has 0 radical (unpaired) electrons. The first-order valence-electron chi connectivity index (χ1n) is 6.08. The maximum atomic E-state index is 11.6. The summed E-state index contributed by atoms with van der Waals surface area (Å²) in [7, 11) is 0.